The van der Waals surface area contributed by atoms with Crippen LogP contribution >= 0.6 is 0 Å². The number of benzene rings is 1. The SMILES string of the molecule is Fc1ccc(C(F)(F)F)c(CC2=CC3COCC(C2)N3)c1. The first-order valence-corrected chi connectivity index (χ1v) is 6.81. The van der Waals surface area contributed by atoms with Crippen molar-refractivity contribution < 1.29 is 22.3 Å². The summed E-state index contributed by atoms with van der Waals surface area (Å²) in [6.07, 6.45) is -1.80. The Morgan fingerprint density at radius 2 is 2.05 bits per heavy atom. The van der Waals surface area contributed by atoms with Crippen LogP contribution in [0.2, 0.25) is 0 Å². The van der Waals surface area contributed by atoms with E-state index >= 15 is 0 Å². The summed E-state index contributed by atoms with van der Waals surface area (Å²) in [6, 6.07) is 2.82. The van der Waals surface area contributed by atoms with Crippen LogP contribution in [0.4, 0.5) is 17.6 Å². The Morgan fingerprint density at radius 1 is 1.24 bits per heavy atom. The van der Waals surface area contributed by atoms with Crippen molar-refractivity contribution in [2.75, 3.05) is 13.2 Å². The van der Waals surface area contributed by atoms with Crippen LogP contribution < -0.4 is 5.32 Å². The number of morpholine rings is 1. The molecule has 0 spiro atoms. The number of nitrogens with one attached hydrogen (secondary N) is 1. The van der Waals surface area contributed by atoms with Crippen LogP contribution in [-0.4, -0.2) is 25.3 Å². The number of halogens is 4. The summed E-state index contributed by atoms with van der Waals surface area (Å²) >= 11 is 0. The lowest BCUT2D eigenvalue weighted by Gasteiger charge is -2.35. The first-order valence-electron chi connectivity index (χ1n) is 6.81. The molecule has 2 unspecified atom stereocenters. The minimum atomic E-state index is -4.46. The molecule has 1 N–H and O–H groups in total. The Labute approximate surface area is 119 Å². The normalized spacial score (nSPS) is 25.6. The summed E-state index contributed by atoms with van der Waals surface area (Å²) in [4.78, 5) is 0. The summed E-state index contributed by atoms with van der Waals surface area (Å²) in [7, 11) is 0. The Balaban J connectivity index is 1.88. The maximum atomic E-state index is 13.3. The zero-order valence-electron chi connectivity index (χ0n) is 11.2. The molecule has 2 aliphatic heterocycles. The summed E-state index contributed by atoms with van der Waals surface area (Å²) in [6.45, 7) is 1.08. The van der Waals surface area contributed by atoms with Crippen molar-refractivity contribution in [3.8, 4) is 0 Å². The van der Waals surface area contributed by atoms with E-state index in [9.17, 15) is 17.6 Å². The number of hydrogen-bond acceptors (Lipinski definition) is 2. The summed E-state index contributed by atoms with van der Waals surface area (Å²) in [5.74, 6) is -0.643. The van der Waals surface area contributed by atoms with E-state index in [2.05, 4.69) is 5.32 Å². The van der Waals surface area contributed by atoms with Gasteiger partial charge in [0.25, 0.3) is 0 Å². The van der Waals surface area contributed by atoms with Gasteiger partial charge in [-0.2, -0.15) is 13.2 Å². The predicted octanol–water partition coefficient (Wildman–Crippen LogP) is 3.07. The Morgan fingerprint density at radius 3 is 2.76 bits per heavy atom. The van der Waals surface area contributed by atoms with E-state index in [0.717, 1.165) is 23.8 Å². The van der Waals surface area contributed by atoms with Gasteiger partial charge in [-0.05, 0) is 36.6 Å². The minimum absolute atomic E-state index is 0.00496. The van der Waals surface area contributed by atoms with Crippen molar-refractivity contribution in [2.45, 2.75) is 31.1 Å². The van der Waals surface area contributed by atoms with Crippen molar-refractivity contribution in [3.05, 3.63) is 46.8 Å². The second kappa shape index (κ2) is 5.42. The lowest BCUT2D eigenvalue weighted by atomic mass is 9.90. The minimum Gasteiger partial charge on any atom is -0.378 e. The first-order chi connectivity index (χ1) is 9.91. The standard InChI is InChI=1S/C15H15F4NO/c16-11-1-2-14(15(17,18)19)10(6-11)3-9-4-12-7-21-8-13(5-9)20-12/h1-2,4,6,12-13,20H,3,5,7-8H2. The van der Waals surface area contributed by atoms with Crippen molar-refractivity contribution in [1.82, 2.24) is 5.32 Å². The number of hydrogen-bond donors (Lipinski definition) is 1. The molecule has 1 fully saturated rings. The van der Waals surface area contributed by atoms with Crippen molar-refractivity contribution in [1.29, 1.82) is 0 Å². The second-order valence-electron chi connectivity index (χ2n) is 5.51. The highest BCUT2D eigenvalue weighted by Gasteiger charge is 2.34. The van der Waals surface area contributed by atoms with Crippen LogP contribution in [0, 0.1) is 5.82 Å². The largest absolute Gasteiger partial charge is 0.416 e. The molecule has 6 heteroatoms. The fraction of sp³-hybridized carbons (Fsp3) is 0.467. The number of rotatable bonds is 2. The van der Waals surface area contributed by atoms with Crippen LogP contribution in [0.25, 0.3) is 0 Å². The van der Waals surface area contributed by atoms with E-state index in [1.165, 1.54) is 0 Å². The van der Waals surface area contributed by atoms with Crippen molar-refractivity contribution in [3.63, 3.8) is 0 Å². The first kappa shape index (κ1) is 14.5. The van der Waals surface area contributed by atoms with E-state index in [4.69, 9.17) is 4.74 Å². The topological polar surface area (TPSA) is 21.3 Å². The highest BCUT2D eigenvalue weighted by Crippen LogP contribution is 2.34. The molecule has 21 heavy (non-hydrogen) atoms. The maximum absolute atomic E-state index is 13.3. The molecule has 2 nitrogen and oxygen atoms in total. The molecule has 114 valence electrons. The highest BCUT2D eigenvalue weighted by atomic mass is 19.4. The molecule has 3 rings (SSSR count). The average Bonchev–Trinajstić information content (AvgIpc) is 2.36. The van der Waals surface area contributed by atoms with E-state index < -0.39 is 17.6 Å². The molecule has 2 bridgehead atoms. The van der Waals surface area contributed by atoms with Gasteiger partial charge < -0.3 is 10.1 Å². The third kappa shape index (κ3) is 3.27. The Hall–Kier alpha value is -1.40. The molecule has 1 aromatic carbocycles. The van der Waals surface area contributed by atoms with Gasteiger partial charge in [-0.1, -0.05) is 11.6 Å². The van der Waals surface area contributed by atoms with Gasteiger partial charge in [0.1, 0.15) is 5.82 Å². The van der Waals surface area contributed by atoms with Gasteiger partial charge in [0.2, 0.25) is 0 Å². The maximum Gasteiger partial charge on any atom is 0.416 e. The van der Waals surface area contributed by atoms with Crippen LogP contribution in [0.1, 0.15) is 17.5 Å². The fourth-order valence-electron chi connectivity index (χ4n) is 2.98. The third-order valence-electron chi connectivity index (χ3n) is 3.80. The van der Waals surface area contributed by atoms with E-state index in [-0.39, 0.29) is 24.1 Å². The highest BCUT2D eigenvalue weighted by molar-refractivity contribution is 5.35. The number of fused-ring (bicyclic) bond motifs is 2. The van der Waals surface area contributed by atoms with Gasteiger partial charge in [-0.3, -0.25) is 0 Å². The molecule has 0 amide bonds. The van der Waals surface area contributed by atoms with Crippen molar-refractivity contribution in [2.24, 2.45) is 0 Å². The zero-order valence-corrected chi connectivity index (χ0v) is 11.2. The van der Waals surface area contributed by atoms with Crippen LogP contribution in [-0.2, 0) is 17.3 Å². The van der Waals surface area contributed by atoms with Crippen LogP contribution in [0.15, 0.2) is 29.8 Å². The zero-order chi connectivity index (χ0) is 15.0. The molecule has 2 aliphatic rings. The van der Waals surface area contributed by atoms with Crippen molar-refractivity contribution >= 4 is 0 Å². The van der Waals surface area contributed by atoms with E-state index in [0.29, 0.717) is 19.6 Å². The lowest BCUT2D eigenvalue weighted by molar-refractivity contribution is -0.138. The molecule has 0 saturated carbocycles. The van der Waals surface area contributed by atoms with E-state index in [1.54, 1.807) is 0 Å². The van der Waals surface area contributed by atoms with Gasteiger partial charge in [0.05, 0.1) is 18.8 Å². The monoisotopic (exact) mass is 301 g/mol. The molecule has 0 aromatic heterocycles. The van der Waals surface area contributed by atoms with Gasteiger partial charge in [0.15, 0.2) is 0 Å². The van der Waals surface area contributed by atoms with Gasteiger partial charge in [0, 0.05) is 12.1 Å². The molecule has 0 aliphatic carbocycles. The van der Waals surface area contributed by atoms with Gasteiger partial charge in [-0.25, -0.2) is 4.39 Å². The molecule has 0 radical (unpaired) electrons. The molecule has 1 aromatic rings. The smallest absolute Gasteiger partial charge is 0.378 e. The average molecular weight is 301 g/mol. The molecular weight excluding hydrogens is 286 g/mol. The van der Waals surface area contributed by atoms with Crippen LogP contribution in [0.5, 0.6) is 0 Å². The molecule has 2 atom stereocenters. The Kier molecular flexibility index (Phi) is 3.75. The summed E-state index contributed by atoms with van der Waals surface area (Å²) in [5.41, 5.74) is 0.141. The molecule has 2 heterocycles. The third-order valence-corrected chi connectivity index (χ3v) is 3.80. The van der Waals surface area contributed by atoms with Gasteiger partial charge >= 0.3 is 6.18 Å². The van der Waals surface area contributed by atoms with E-state index in [1.807, 2.05) is 6.08 Å². The summed E-state index contributed by atoms with van der Waals surface area (Å²) in [5, 5.41) is 3.33. The Bertz CT molecular complexity index is 567. The number of ether oxygens (including phenoxy) is 1. The predicted molar refractivity (Wildman–Crippen MR) is 69.3 cm³/mol. The summed E-state index contributed by atoms with van der Waals surface area (Å²) < 4.78 is 57.7. The van der Waals surface area contributed by atoms with Gasteiger partial charge in [-0.15, -0.1) is 0 Å². The molecular formula is C15H15F4NO. The molecule has 1 saturated heterocycles. The quantitative estimate of drug-likeness (QED) is 0.669. The fourth-order valence-corrected chi connectivity index (χ4v) is 2.98. The second-order valence-corrected chi connectivity index (χ2v) is 5.51. The lowest BCUT2D eigenvalue weighted by Crippen LogP contribution is -2.50. The van der Waals surface area contributed by atoms with Crippen LogP contribution in [0.3, 0.4) is 0 Å². The number of alkyl halides is 3.